The molecule has 1 amide bonds. The molecule has 0 radical (unpaired) electrons. The number of nitrogens with one attached hydrogen (secondary N) is 1. The van der Waals surface area contributed by atoms with Crippen LogP contribution in [-0.2, 0) is 21.2 Å². The van der Waals surface area contributed by atoms with Gasteiger partial charge in [0.2, 0.25) is 0 Å². The molecule has 0 saturated heterocycles. The van der Waals surface area contributed by atoms with Crippen LogP contribution in [0.2, 0.25) is 0 Å². The predicted octanol–water partition coefficient (Wildman–Crippen LogP) is 4.87. The van der Waals surface area contributed by atoms with Crippen LogP contribution in [0.15, 0.2) is 81.6 Å². The van der Waals surface area contributed by atoms with Crippen LogP contribution in [0.25, 0.3) is 0 Å². The summed E-state index contributed by atoms with van der Waals surface area (Å²) in [7, 11) is -2.41. The maximum absolute atomic E-state index is 13.7. The van der Waals surface area contributed by atoms with E-state index in [4.69, 9.17) is 9.47 Å². The van der Waals surface area contributed by atoms with Crippen molar-refractivity contribution < 1.29 is 22.7 Å². The van der Waals surface area contributed by atoms with E-state index in [0.717, 1.165) is 44.6 Å². The fraction of sp³-hybridized carbons (Fsp3) is 0.286. The Morgan fingerprint density at radius 3 is 2.39 bits per heavy atom. The van der Waals surface area contributed by atoms with Gasteiger partial charge in [0, 0.05) is 10.5 Å². The number of benzene rings is 3. The minimum absolute atomic E-state index is 0.0958. The summed E-state index contributed by atoms with van der Waals surface area (Å²) in [5.74, 6) is 0.841. The topological polar surface area (TPSA) is 97.3 Å². The van der Waals surface area contributed by atoms with Crippen LogP contribution >= 0.6 is 11.8 Å². The lowest BCUT2D eigenvalue weighted by Crippen LogP contribution is -2.40. The number of carbonyl (C=O) groups excluding carboxylic acids is 1. The van der Waals surface area contributed by atoms with Crippen molar-refractivity contribution in [1.29, 1.82) is 0 Å². The average Bonchev–Trinajstić information content (AvgIpc) is 2.95. The van der Waals surface area contributed by atoms with Gasteiger partial charge in [-0.25, -0.2) is 13.8 Å². The maximum Gasteiger partial charge on any atom is 0.264 e. The van der Waals surface area contributed by atoms with Crippen LogP contribution in [0, 0.1) is 0 Å². The van der Waals surface area contributed by atoms with Gasteiger partial charge in [0.15, 0.2) is 0 Å². The Balaban J connectivity index is 1.60. The number of carbonyl (C=O) groups is 1. The molecule has 200 valence electrons. The lowest BCUT2D eigenvalue weighted by Gasteiger charge is -2.24. The third kappa shape index (κ3) is 6.31. The summed E-state index contributed by atoms with van der Waals surface area (Å²) in [6, 6.07) is 19.0. The molecule has 0 fully saturated rings. The molecule has 8 nitrogen and oxygen atoms in total. The Labute approximate surface area is 228 Å². The molecule has 1 aliphatic rings. The predicted molar refractivity (Wildman–Crippen MR) is 151 cm³/mol. The minimum Gasteiger partial charge on any atom is -0.497 e. The van der Waals surface area contributed by atoms with Crippen molar-refractivity contribution in [3.63, 3.8) is 0 Å². The number of hydrogen-bond acceptors (Lipinski definition) is 7. The third-order valence-electron chi connectivity index (χ3n) is 6.17. The number of sulfonamides is 1. The first kappa shape index (κ1) is 27.5. The molecule has 3 aromatic carbocycles. The number of ether oxygens (including phenoxy) is 2. The van der Waals surface area contributed by atoms with Crippen LogP contribution in [-0.4, -0.2) is 46.6 Å². The van der Waals surface area contributed by atoms with E-state index in [1.165, 1.54) is 11.8 Å². The first-order chi connectivity index (χ1) is 18.3. The quantitative estimate of drug-likeness (QED) is 0.284. The van der Waals surface area contributed by atoms with Gasteiger partial charge in [0.25, 0.3) is 15.9 Å². The van der Waals surface area contributed by atoms with E-state index in [1.807, 2.05) is 31.4 Å². The fourth-order valence-electron chi connectivity index (χ4n) is 4.24. The minimum atomic E-state index is -4.04. The highest BCUT2D eigenvalue weighted by molar-refractivity contribution is 7.98. The van der Waals surface area contributed by atoms with Crippen LogP contribution in [0.3, 0.4) is 0 Å². The molecule has 38 heavy (non-hydrogen) atoms. The molecule has 0 atom stereocenters. The van der Waals surface area contributed by atoms with Crippen LogP contribution in [0.4, 0.5) is 5.69 Å². The third-order valence-corrected chi connectivity index (χ3v) is 8.70. The van der Waals surface area contributed by atoms with Gasteiger partial charge in [-0.1, -0.05) is 0 Å². The molecule has 4 rings (SSSR count). The Morgan fingerprint density at radius 1 is 1.03 bits per heavy atom. The first-order valence-electron chi connectivity index (χ1n) is 12.3. The molecule has 1 aliphatic carbocycles. The number of nitrogens with zero attached hydrogens (tertiary/aromatic N) is 2. The molecule has 0 aliphatic heterocycles. The number of thioether (sulfide) groups is 1. The van der Waals surface area contributed by atoms with Crippen LogP contribution in [0.1, 0.15) is 30.9 Å². The molecular weight excluding hydrogens is 522 g/mol. The van der Waals surface area contributed by atoms with Crippen molar-refractivity contribution in [3.8, 4) is 11.5 Å². The van der Waals surface area contributed by atoms with Crippen molar-refractivity contribution in [2.24, 2.45) is 5.10 Å². The van der Waals surface area contributed by atoms with Crippen molar-refractivity contribution in [1.82, 2.24) is 5.43 Å². The number of rotatable bonds is 10. The molecule has 0 aromatic heterocycles. The molecule has 0 bridgehead atoms. The summed E-state index contributed by atoms with van der Waals surface area (Å²) >= 11 is 1.52. The van der Waals surface area contributed by atoms with E-state index in [0.29, 0.717) is 24.5 Å². The van der Waals surface area contributed by atoms with E-state index < -0.39 is 22.5 Å². The smallest absolute Gasteiger partial charge is 0.264 e. The number of fused-ring (bicyclic) bond motifs is 1. The first-order valence-corrected chi connectivity index (χ1v) is 14.9. The Kier molecular flexibility index (Phi) is 8.96. The van der Waals surface area contributed by atoms with E-state index in [-0.39, 0.29) is 4.90 Å². The summed E-state index contributed by atoms with van der Waals surface area (Å²) in [5, 5.41) is 4.37. The largest absolute Gasteiger partial charge is 0.497 e. The lowest BCUT2D eigenvalue weighted by atomic mass is 9.90. The molecule has 0 spiro atoms. The summed E-state index contributed by atoms with van der Waals surface area (Å²) < 4.78 is 39.2. The summed E-state index contributed by atoms with van der Waals surface area (Å²) in [4.78, 5) is 14.1. The Bertz CT molecular complexity index is 1410. The van der Waals surface area contributed by atoms with Crippen molar-refractivity contribution in [2.45, 2.75) is 36.0 Å². The van der Waals surface area contributed by atoms with Crippen LogP contribution < -0.4 is 19.2 Å². The van der Waals surface area contributed by atoms with Crippen molar-refractivity contribution in [3.05, 3.63) is 77.9 Å². The molecule has 10 heteroatoms. The highest BCUT2D eigenvalue weighted by Crippen LogP contribution is 2.28. The summed E-state index contributed by atoms with van der Waals surface area (Å²) in [6.07, 6.45) is 4.43. The van der Waals surface area contributed by atoms with E-state index in [9.17, 15) is 13.2 Å². The number of hydrazone groups is 1. The zero-order chi connectivity index (χ0) is 27.1. The zero-order valence-electron chi connectivity index (χ0n) is 21.6. The van der Waals surface area contributed by atoms with Gasteiger partial charge < -0.3 is 9.47 Å². The second kappa shape index (κ2) is 12.4. The number of aryl methyl sites for hydroxylation is 1. The summed E-state index contributed by atoms with van der Waals surface area (Å²) in [5.41, 5.74) is 5.75. The van der Waals surface area contributed by atoms with Gasteiger partial charge in [0.1, 0.15) is 18.0 Å². The maximum atomic E-state index is 13.7. The highest BCUT2D eigenvalue weighted by atomic mass is 32.2. The SMILES string of the molecule is CCOc1ccc(N(CC(=O)N/N=C2/CCCc3cc(OC)ccc32)S(=O)(=O)c2ccc(SC)cc2)cc1. The van der Waals surface area contributed by atoms with E-state index in [2.05, 4.69) is 10.5 Å². The Morgan fingerprint density at radius 2 is 1.74 bits per heavy atom. The van der Waals surface area contributed by atoms with Gasteiger partial charge in [-0.2, -0.15) is 5.10 Å². The second-order valence-electron chi connectivity index (χ2n) is 8.58. The lowest BCUT2D eigenvalue weighted by molar-refractivity contribution is -0.119. The highest BCUT2D eigenvalue weighted by Gasteiger charge is 2.27. The number of hydrogen-bond donors (Lipinski definition) is 1. The van der Waals surface area contributed by atoms with E-state index >= 15 is 0 Å². The standard InChI is InChI=1S/C28H31N3O5S2/c1-4-36-22-10-8-21(9-11-22)31(38(33,34)25-15-13-24(37-3)14-16-25)19-28(32)30-29-27-7-5-6-20-18-23(35-2)12-17-26(20)27/h8-18H,4-7,19H2,1-3H3,(H,30,32)/b29-27-. The molecular formula is C28H31N3O5S2. The zero-order valence-corrected chi connectivity index (χ0v) is 23.3. The molecule has 1 N–H and O–H groups in total. The normalized spacial score (nSPS) is 14.0. The van der Waals surface area contributed by atoms with Crippen LogP contribution in [0.5, 0.6) is 11.5 Å². The fourth-order valence-corrected chi connectivity index (χ4v) is 6.07. The monoisotopic (exact) mass is 553 g/mol. The molecule has 0 unspecified atom stereocenters. The Hall–Kier alpha value is -3.50. The summed E-state index contributed by atoms with van der Waals surface area (Å²) in [6.45, 7) is 1.92. The van der Waals surface area contributed by atoms with Gasteiger partial charge in [-0.15, -0.1) is 11.8 Å². The molecule has 0 saturated carbocycles. The molecule has 3 aromatic rings. The van der Waals surface area contributed by atoms with Crippen molar-refractivity contribution in [2.75, 3.05) is 30.8 Å². The number of methoxy groups -OCH3 is 1. The van der Waals surface area contributed by atoms with Gasteiger partial charge in [-0.3, -0.25) is 9.10 Å². The average molecular weight is 554 g/mol. The van der Waals surface area contributed by atoms with Gasteiger partial charge in [0.05, 0.1) is 30.0 Å². The molecule has 0 heterocycles. The van der Waals surface area contributed by atoms with E-state index in [1.54, 1.807) is 55.6 Å². The second-order valence-corrected chi connectivity index (χ2v) is 11.3. The van der Waals surface area contributed by atoms with Gasteiger partial charge >= 0.3 is 0 Å². The number of amides is 1. The van der Waals surface area contributed by atoms with Crippen molar-refractivity contribution >= 4 is 39.1 Å². The number of anilines is 1. The van der Waals surface area contributed by atoms with Gasteiger partial charge in [-0.05, 0) is 105 Å².